The molecule has 2 amide bonds. The van der Waals surface area contributed by atoms with Gasteiger partial charge in [-0.1, -0.05) is 78.4 Å². The van der Waals surface area contributed by atoms with Crippen molar-refractivity contribution in [2.45, 2.75) is 13.0 Å². The summed E-state index contributed by atoms with van der Waals surface area (Å²) in [7, 11) is 0. The van der Waals surface area contributed by atoms with Crippen LogP contribution in [0.25, 0.3) is 0 Å². The Bertz CT molecular complexity index is 972. The first-order valence-corrected chi connectivity index (χ1v) is 10.6. The molecule has 0 radical (unpaired) electrons. The fourth-order valence-corrected chi connectivity index (χ4v) is 4.03. The summed E-state index contributed by atoms with van der Waals surface area (Å²) in [5.41, 5.74) is 4.19. The Morgan fingerprint density at radius 3 is 1.77 bits per heavy atom. The predicted octanol–water partition coefficient (Wildman–Crippen LogP) is 3.87. The second kappa shape index (κ2) is 9.58. The third-order valence-electron chi connectivity index (χ3n) is 5.70. The summed E-state index contributed by atoms with van der Waals surface area (Å²) >= 11 is 0. The standard InChI is InChI=1S/C26H27N3O2/c1-20-12-14-23(15-13-20)27-25(30)26(31)29-18-16-28(17-19-29)24(21-8-4-2-5-9-21)22-10-6-3-7-11-22/h2-15,24H,16-19H2,1H3,(H,27,30). The number of piperazine rings is 1. The molecule has 158 valence electrons. The SMILES string of the molecule is Cc1ccc(NC(=O)C(=O)N2CCN(C(c3ccccc3)c3ccccc3)CC2)cc1. The minimum absolute atomic E-state index is 0.126. The number of anilines is 1. The Labute approximate surface area is 183 Å². The summed E-state index contributed by atoms with van der Waals surface area (Å²) in [5, 5.41) is 2.71. The van der Waals surface area contributed by atoms with Crippen LogP contribution in [-0.2, 0) is 9.59 Å². The lowest BCUT2D eigenvalue weighted by Crippen LogP contribution is -2.52. The van der Waals surface area contributed by atoms with Crippen molar-refractivity contribution in [2.75, 3.05) is 31.5 Å². The summed E-state index contributed by atoms with van der Waals surface area (Å²) in [6.45, 7) is 4.44. The third-order valence-corrected chi connectivity index (χ3v) is 5.70. The van der Waals surface area contributed by atoms with Gasteiger partial charge >= 0.3 is 11.8 Å². The lowest BCUT2D eigenvalue weighted by molar-refractivity contribution is -0.144. The summed E-state index contributed by atoms with van der Waals surface area (Å²) < 4.78 is 0. The Hall–Kier alpha value is -3.44. The summed E-state index contributed by atoms with van der Waals surface area (Å²) in [4.78, 5) is 29.1. The molecule has 0 unspecified atom stereocenters. The molecule has 0 bridgehead atoms. The van der Waals surface area contributed by atoms with Crippen LogP contribution in [0.3, 0.4) is 0 Å². The van der Waals surface area contributed by atoms with Gasteiger partial charge in [-0.2, -0.15) is 0 Å². The first-order valence-electron chi connectivity index (χ1n) is 10.6. The smallest absolute Gasteiger partial charge is 0.313 e. The van der Waals surface area contributed by atoms with Gasteiger partial charge in [0.05, 0.1) is 6.04 Å². The molecule has 31 heavy (non-hydrogen) atoms. The normalized spacial score (nSPS) is 14.5. The maximum absolute atomic E-state index is 12.7. The molecule has 1 fully saturated rings. The van der Waals surface area contributed by atoms with E-state index in [9.17, 15) is 9.59 Å². The minimum Gasteiger partial charge on any atom is -0.332 e. The molecule has 3 aromatic rings. The van der Waals surface area contributed by atoms with Gasteiger partial charge in [-0.15, -0.1) is 0 Å². The number of carbonyl (C=O) groups is 2. The second-order valence-electron chi connectivity index (χ2n) is 7.87. The summed E-state index contributed by atoms with van der Waals surface area (Å²) in [6, 6.07) is 28.4. The molecular formula is C26H27N3O2. The van der Waals surface area contributed by atoms with Gasteiger partial charge in [0.1, 0.15) is 0 Å². The molecule has 3 aromatic carbocycles. The quantitative estimate of drug-likeness (QED) is 0.661. The lowest BCUT2D eigenvalue weighted by Gasteiger charge is -2.39. The van der Waals surface area contributed by atoms with Gasteiger partial charge in [0.2, 0.25) is 0 Å². The van der Waals surface area contributed by atoms with Crippen molar-refractivity contribution in [1.82, 2.24) is 9.80 Å². The molecule has 0 saturated carbocycles. The van der Waals surface area contributed by atoms with Gasteiger partial charge in [0.25, 0.3) is 0 Å². The first-order chi connectivity index (χ1) is 15.1. The second-order valence-corrected chi connectivity index (χ2v) is 7.87. The molecule has 0 spiro atoms. The molecule has 1 heterocycles. The van der Waals surface area contributed by atoms with Gasteiger partial charge < -0.3 is 10.2 Å². The van der Waals surface area contributed by atoms with Gasteiger partial charge in [-0.25, -0.2) is 0 Å². The van der Waals surface area contributed by atoms with Crippen molar-refractivity contribution < 1.29 is 9.59 Å². The van der Waals surface area contributed by atoms with E-state index >= 15 is 0 Å². The number of aryl methyl sites for hydroxylation is 1. The average molecular weight is 414 g/mol. The predicted molar refractivity (Wildman–Crippen MR) is 123 cm³/mol. The number of rotatable bonds is 4. The highest BCUT2D eigenvalue weighted by molar-refractivity contribution is 6.39. The number of nitrogens with zero attached hydrogens (tertiary/aromatic N) is 2. The minimum atomic E-state index is -0.583. The molecule has 5 heteroatoms. The van der Waals surface area contributed by atoms with Crippen molar-refractivity contribution in [3.63, 3.8) is 0 Å². The highest BCUT2D eigenvalue weighted by Gasteiger charge is 2.30. The average Bonchev–Trinajstić information content (AvgIpc) is 2.82. The van der Waals surface area contributed by atoms with E-state index in [1.807, 2.05) is 43.3 Å². The van der Waals surface area contributed by atoms with Crippen LogP contribution in [0.5, 0.6) is 0 Å². The van der Waals surface area contributed by atoms with Crippen molar-refractivity contribution >= 4 is 17.5 Å². The highest BCUT2D eigenvalue weighted by atomic mass is 16.2. The van der Waals surface area contributed by atoms with Crippen molar-refractivity contribution in [3.05, 3.63) is 102 Å². The Morgan fingerprint density at radius 2 is 1.26 bits per heavy atom. The van der Waals surface area contributed by atoms with E-state index in [4.69, 9.17) is 0 Å². The number of hydrogen-bond acceptors (Lipinski definition) is 3. The van der Waals surface area contributed by atoms with E-state index < -0.39 is 11.8 Å². The maximum atomic E-state index is 12.7. The van der Waals surface area contributed by atoms with Crippen LogP contribution in [0.15, 0.2) is 84.9 Å². The molecule has 1 aliphatic heterocycles. The van der Waals surface area contributed by atoms with Crippen molar-refractivity contribution in [1.29, 1.82) is 0 Å². The van der Waals surface area contributed by atoms with Gasteiger partial charge in [0, 0.05) is 31.9 Å². The van der Waals surface area contributed by atoms with Crippen LogP contribution in [-0.4, -0.2) is 47.8 Å². The Morgan fingerprint density at radius 1 is 0.742 bits per heavy atom. The van der Waals surface area contributed by atoms with Crippen LogP contribution < -0.4 is 5.32 Å². The monoisotopic (exact) mass is 413 g/mol. The Kier molecular flexibility index (Phi) is 6.43. The van der Waals surface area contributed by atoms with E-state index in [0.29, 0.717) is 31.9 Å². The highest BCUT2D eigenvalue weighted by Crippen LogP contribution is 2.29. The first kappa shape index (κ1) is 20.8. The summed E-state index contributed by atoms with van der Waals surface area (Å²) in [6.07, 6.45) is 0. The van der Waals surface area contributed by atoms with E-state index in [2.05, 4.69) is 58.7 Å². The van der Waals surface area contributed by atoms with Gasteiger partial charge in [-0.3, -0.25) is 14.5 Å². The fourth-order valence-electron chi connectivity index (χ4n) is 4.03. The largest absolute Gasteiger partial charge is 0.332 e. The molecule has 0 atom stereocenters. The van der Waals surface area contributed by atoms with Crippen LogP contribution >= 0.6 is 0 Å². The fraction of sp³-hybridized carbons (Fsp3) is 0.231. The van der Waals surface area contributed by atoms with Crippen LogP contribution in [0.1, 0.15) is 22.7 Å². The maximum Gasteiger partial charge on any atom is 0.313 e. The van der Waals surface area contributed by atoms with Gasteiger partial charge in [0.15, 0.2) is 0 Å². The number of hydrogen-bond donors (Lipinski definition) is 1. The molecule has 5 nitrogen and oxygen atoms in total. The Balaban J connectivity index is 1.42. The molecule has 1 N–H and O–H groups in total. The van der Waals surface area contributed by atoms with Crippen LogP contribution in [0, 0.1) is 6.92 Å². The van der Waals surface area contributed by atoms with E-state index in [1.165, 1.54) is 11.1 Å². The van der Waals surface area contributed by atoms with Crippen molar-refractivity contribution in [3.8, 4) is 0 Å². The van der Waals surface area contributed by atoms with E-state index in [0.717, 1.165) is 5.56 Å². The van der Waals surface area contributed by atoms with Crippen LogP contribution in [0.2, 0.25) is 0 Å². The molecule has 1 saturated heterocycles. The zero-order valence-electron chi connectivity index (χ0n) is 17.7. The number of nitrogens with one attached hydrogen (secondary N) is 1. The number of benzene rings is 3. The van der Waals surface area contributed by atoms with Crippen molar-refractivity contribution in [2.24, 2.45) is 0 Å². The third kappa shape index (κ3) is 5.01. The molecule has 4 rings (SSSR count). The number of carbonyl (C=O) groups excluding carboxylic acids is 2. The van der Waals surface area contributed by atoms with Crippen LogP contribution in [0.4, 0.5) is 5.69 Å². The van der Waals surface area contributed by atoms with Gasteiger partial charge in [-0.05, 0) is 30.2 Å². The lowest BCUT2D eigenvalue weighted by atomic mass is 9.96. The molecule has 0 aliphatic carbocycles. The molecule has 1 aliphatic rings. The summed E-state index contributed by atoms with van der Waals surface area (Å²) in [5.74, 6) is -1.06. The molecule has 0 aromatic heterocycles. The molecular weight excluding hydrogens is 386 g/mol. The van der Waals surface area contributed by atoms with E-state index in [1.54, 1.807) is 4.90 Å². The zero-order chi connectivity index (χ0) is 21.6. The number of amides is 2. The zero-order valence-corrected chi connectivity index (χ0v) is 17.7. The topological polar surface area (TPSA) is 52.7 Å². The van der Waals surface area contributed by atoms with E-state index in [-0.39, 0.29) is 6.04 Å².